The van der Waals surface area contributed by atoms with E-state index in [-0.39, 0.29) is 16.6 Å². The number of fused-ring (bicyclic) bond motifs is 1. The van der Waals surface area contributed by atoms with Crippen LogP contribution in [0.25, 0.3) is 22.3 Å². The molecule has 1 aliphatic heterocycles. The van der Waals surface area contributed by atoms with Crippen molar-refractivity contribution in [2.75, 3.05) is 7.11 Å². The Morgan fingerprint density at radius 2 is 1.56 bits per heavy atom. The summed E-state index contributed by atoms with van der Waals surface area (Å²) in [5, 5.41) is 3.45. The average Bonchev–Trinajstić information content (AvgIpc) is 2.82. The normalized spacial score (nSPS) is 16.1. The molecule has 7 nitrogen and oxygen atoms in total. The van der Waals surface area contributed by atoms with E-state index < -0.39 is 23.5 Å². The maximum atomic E-state index is 13.3. The largest absolute Gasteiger partial charge is 0.466 e. The van der Waals surface area contributed by atoms with Gasteiger partial charge < -0.3 is 19.2 Å². The van der Waals surface area contributed by atoms with E-state index in [4.69, 9.17) is 13.9 Å². The third-order valence-corrected chi connectivity index (χ3v) is 5.93. The third-order valence-electron chi connectivity index (χ3n) is 5.93. The number of rotatable bonds is 4. The number of hydrogen-bond acceptors (Lipinski definition) is 7. The molecule has 0 amide bonds. The molecule has 0 saturated carbocycles. The van der Waals surface area contributed by atoms with E-state index in [1.54, 1.807) is 52.8 Å². The summed E-state index contributed by atoms with van der Waals surface area (Å²) in [6.45, 7) is 8.83. The van der Waals surface area contributed by atoms with Gasteiger partial charge in [0.05, 0.1) is 29.6 Å². The summed E-state index contributed by atoms with van der Waals surface area (Å²) in [4.78, 5) is 39.3. The highest BCUT2D eigenvalue weighted by Crippen LogP contribution is 2.40. The molecule has 0 aliphatic carbocycles. The molecule has 2 aromatic carbocycles. The summed E-state index contributed by atoms with van der Waals surface area (Å²) in [5.74, 6) is -1.48. The number of esters is 2. The summed E-state index contributed by atoms with van der Waals surface area (Å²) < 4.78 is 16.8. The Morgan fingerprint density at radius 1 is 0.917 bits per heavy atom. The highest BCUT2D eigenvalue weighted by Gasteiger charge is 2.39. The van der Waals surface area contributed by atoms with Crippen LogP contribution >= 0.6 is 0 Å². The second-order valence-electron chi connectivity index (χ2n) is 9.73. The maximum Gasteiger partial charge on any atom is 0.337 e. The molecular formula is C29H29NO6. The van der Waals surface area contributed by atoms with Gasteiger partial charge in [-0.15, -0.1) is 0 Å². The first-order chi connectivity index (χ1) is 17.0. The molecule has 0 saturated heterocycles. The molecule has 1 aromatic heterocycles. The predicted molar refractivity (Wildman–Crippen MR) is 137 cm³/mol. The number of allylic oxidation sites excluding steroid dienone is 2. The van der Waals surface area contributed by atoms with Gasteiger partial charge in [0.15, 0.2) is 5.43 Å². The molecule has 2 heterocycles. The Bertz CT molecular complexity index is 1470. The van der Waals surface area contributed by atoms with Crippen molar-refractivity contribution < 1.29 is 23.5 Å². The van der Waals surface area contributed by atoms with Gasteiger partial charge in [0.2, 0.25) is 0 Å². The minimum absolute atomic E-state index is 0.231. The first-order valence-electron chi connectivity index (χ1n) is 11.6. The lowest BCUT2D eigenvalue weighted by Gasteiger charge is -2.32. The van der Waals surface area contributed by atoms with Crippen LogP contribution in [0.1, 0.15) is 46.1 Å². The second-order valence-corrected chi connectivity index (χ2v) is 9.73. The van der Waals surface area contributed by atoms with Crippen molar-refractivity contribution in [1.29, 1.82) is 0 Å². The molecule has 0 bridgehead atoms. The Hall–Kier alpha value is -4.13. The van der Waals surface area contributed by atoms with E-state index in [0.717, 1.165) is 5.56 Å². The number of methoxy groups -OCH3 is 1. The summed E-state index contributed by atoms with van der Waals surface area (Å²) in [6, 6.07) is 15.9. The number of ether oxygens (including phenoxy) is 2. The fourth-order valence-electron chi connectivity index (χ4n) is 4.41. The topological polar surface area (TPSA) is 94.8 Å². The Morgan fingerprint density at radius 3 is 2.17 bits per heavy atom. The molecule has 1 unspecified atom stereocenters. The molecule has 0 spiro atoms. The Kier molecular flexibility index (Phi) is 6.59. The van der Waals surface area contributed by atoms with Crippen LogP contribution in [0.15, 0.2) is 86.3 Å². The van der Waals surface area contributed by atoms with Crippen LogP contribution in [0.4, 0.5) is 0 Å². The summed E-state index contributed by atoms with van der Waals surface area (Å²) in [5.41, 5.74) is 2.46. The van der Waals surface area contributed by atoms with Crippen LogP contribution in [0.5, 0.6) is 0 Å². The molecule has 1 aliphatic rings. The third kappa shape index (κ3) is 4.82. The second kappa shape index (κ2) is 9.49. The molecular weight excluding hydrogens is 458 g/mol. The number of carbonyl (C=O) groups excluding carboxylic acids is 2. The highest BCUT2D eigenvalue weighted by molar-refractivity contribution is 6.00. The van der Waals surface area contributed by atoms with Crippen LogP contribution in [-0.4, -0.2) is 24.6 Å². The Labute approximate surface area is 209 Å². The van der Waals surface area contributed by atoms with Crippen molar-refractivity contribution in [3.05, 3.63) is 92.9 Å². The van der Waals surface area contributed by atoms with Gasteiger partial charge in [-0.05, 0) is 52.3 Å². The molecule has 1 N–H and O–H groups in total. The van der Waals surface area contributed by atoms with E-state index in [1.165, 1.54) is 13.2 Å². The number of dihydropyridines is 1. The first-order valence-corrected chi connectivity index (χ1v) is 11.6. The Balaban J connectivity index is 1.89. The van der Waals surface area contributed by atoms with Gasteiger partial charge in [0.1, 0.15) is 16.9 Å². The molecule has 7 heteroatoms. The van der Waals surface area contributed by atoms with Crippen LogP contribution in [0, 0.1) is 0 Å². The molecule has 186 valence electrons. The fourth-order valence-corrected chi connectivity index (χ4v) is 4.41. The van der Waals surface area contributed by atoms with Crippen molar-refractivity contribution in [2.24, 2.45) is 0 Å². The van der Waals surface area contributed by atoms with Crippen molar-refractivity contribution in [2.45, 2.75) is 46.1 Å². The molecule has 4 rings (SSSR count). The first kappa shape index (κ1) is 25.0. The van der Waals surface area contributed by atoms with Crippen LogP contribution in [0.3, 0.4) is 0 Å². The van der Waals surface area contributed by atoms with Gasteiger partial charge in [0, 0.05) is 23.0 Å². The van der Waals surface area contributed by atoms with Gasteiger partial charge in [-0.1, -0.05) is 36.4 Å². The molecule has 36 heavy (non-hydrogen) atoms. The van der Waals surface area contributed by atoms with Gasteiger partial charge in [-0.2, -0.15) is 0 Å². The van der Waals surface area contributed by atoms with E-state index in [9.17, 15) is 14.4 Å². The smallest absolute Gasteiger partial charge is 0.337 e. The summed E-state index contributed by atoms with van der Waals surface area (Å²) in [7, 11) is 1.29. The predicted octanol–water partition coefficient (Wildman–Crippen LogP) is 5.21. The zero-order valence-electron chi connectivity index (χ0n) is 21.2. The van der Waals surface area contributed by atoms with E-state index in [2.05, 4.69) is 5.32 Å². The standard InChI is InChI=1S/C29H29NO6/c1-16-24(27(32)34-6)26(25(17(2)30-16)28(33)36-29(3,4)5)19-12-13-22-20(14-19)21(31)15-23(35-22)18-10-8-7-9-11-18/h7-15,26,30H,1-6H3. The quantitative estimate of drug-likeness (QED) is 0.505. The van der Waals surface area contributed by atoms with Gasteiger partial charge >= 0.3 is 11.9 Å². The minimum atomic E-state index is -0.800. The van der Waals surface area contributed by atoms with Crippen molar-refractivity contribution in [3.63, 3.8) is 0 Å². The zero-order valence-corrected chi connectivity index (χ0v) is 21.2. The van der Waals surface area contributed by atoms with Gasteiger partial charge in [-0.3, -0.25) is 4.79 Å². The van der Waals surface area contributed by atoms with Gasteiger partial charge in [0.25, 0.3) is 0 Å². The molecule has 0 fully saturated rings. The van der Waals surface area contributed by atoms with E-state index >= 15 is 0 Å². The van der Waals surface area contributed by atoms with Crippen molar-refractivity contribution in [1.82, 2.24) is 5.32 Å². The van der Waals surface area contributed by atoms with Crippen molar-refractivity contribution in [3.8, 4) is 11.3 Å². The van der Waals surface area contributed by atoms with Crippen molar-refractivity contribution >= 4 is 22.9 Å². The minimum Gasteiger partial charge on any atom is -0.466 e. The summed E-state index contributed by atoms with van der Waals surface area (Å²) in [6.07, 6.45) is 0. The zero-order chi connectivity index (χ0) is 26.2. The maximum absolute atomic E-state index is 13.3. The molecule has 3 aromatic rings. The van der Waals surface area contributed by atoms with Gasteiger partial charge in [-0.25, -0.2) is 9.59 Å². The van der Waals surface area contributed by atoms with Crippen LogP contribution < -0.4 is 10.7 Å². The SMILES string of the molecule is COC(=O)C1=C(C)NC(C)=C(C(=O)OC(C)(C)C)C1c1ccc2oc(-c3ccccc3)cc(=O)c2c1. The lowest BCUT2D eigenvalue weighted by atomic mass is 9.80. The lowest BCUT2D eigenvalue weighted by Crippen LogP contribution is -2.34. The molecule has 0 radical (unpaired) electrons. The monoisotopic (exact) mass is 487 g/mol. The summed E-state index contributed by atoms with van der Waals surface area (Å²) >= 11 is 0. The average molecular weight is 488 g/mol. The number of nitrogens with one attached hydrogen (secondary N) is 1. The highest BCUT2D eigenvalue weighted by atomic mass is 16.6. The van der Waals surface area contributed by atoms with Crippen LogP contribution in [-0.2, 0) is 19.1 Å². The lowest BCUT2D eigenvalue weighted by molar-refractivity contribution is -0.150. The number of carbonyl (C=O) groups is 2. The number of benzene rings is 2. The van der Waals surface area contributed by atoms with Crippen LogP contribution in [0.2, 0.25) is 0 Å². The fraction of sp³-hybridized carbons (Fsp3) is 0.276. The van der Waals surface area contributed by atoms with E-state index in [0.29, 0.717) is 33.7 Å². The number of hydrogen-bond donors (Lipinski definition) is 1. The van der Waals surface area contributed by atoms with E-state index in [1.807, 2.05) is 30.3 Å². The molecule has 1 atom stereocenters.